The minimum absolute atomic E-state index is 0.143. The molecule has 0 saturated heterocycles. The highest BCUT2D eigenvalue weighted by Crippen LogP contribution is 2.25. The van der Waals surface area contributed by atoms with Gasteiger partial charge < -0.3 is 9.73 Å². The lowest BCUT2D eigenvalue weighted by Crippen LogP contribution is -2.26. The van der Waals surface area contributed by atoms with Crippen molar-refractivity contribution in [1.29, 1.82) is 0 Å². The predicted octanol–water partition coefficient (Wildman–Crippen LogP) is 3.97. The summed E-state index contributed by atoms with van der Waals surface area (Å²) in [5, 5.41) is 2.84. The molecule has 0 aliphatic rings. The van der Waals surface area contributed by atoms with Crippen LogP contribution in [0.5, 0.6) is 0 Å². The molecule has 1 N–H and O–H groups in total. The van der Waals surface area contributed by atoms with Crippen molar-refractivity contribution in [3.8, 4) is 11.3 Å². The van der Waals surface area contributed by atoms with Crippen LogP contribution in [0.1, 0.15) is 29.1 Å². The van der Waals surface area contributed by atoms with E-state index in [0.717, 1.165) is 5.56 Å². The fourth-order valence-electron chi connectivity index (χ4n) is 2.27. The third kappa shape index (κ3) is 3.29. The summed E-state index contributed by atoms with van der Waals surface area (Å²) in [4.78, 5) is 16.2. The Hall–Kier alpha value is -2.95. The zero-order valence-electron chi connectivity index (χ0n) is 12.5. The minimum atomic E-state index is -0.390. The molecule has 3 aromatic rings. The van der Waals surface area contributed by atoms with E-state index in [-0.39, 0.29) is 23.5 Å². The second-order valence-corrected chi connectivity index (χ2v) is 5.12. The van der Waals surface area contributed by atoms with Crippen LogP contribution >= 0.6 is 0 Å². The van der Waals surface area contributed by atoms with Crippen molar-refractivity contribution in [2.45, 2.75) is 13.0 Å². The molecule has 2 aromatic heterocycles. The van der Waals surface area contributed by atoms with E-state index in [1.165, 1.54) is 12.1 Å². The Morgan fingerprint density at radius 3 is 2.61 bits per heavy atom. The van der Waals surface area contributed by atoms with Crippen LogP contribution in [-0.4, -0.2) is 10.9 Å². The Balaban J connectivity index is 1.75. The summed E-state index contributed by atoms with van der Waals surface area (Å²) in [5.41, 5.74) is 1.27. The number of hydrogen-bond acceptors (Lipinski definition) is 3. The molecule has 1 unspecified atom stereocenters. The van der Waals surface area contributed by atoms with E-state index in [1.54, 1.807) is 36.7 Å². The molecule has 0 bridgehead atoms. The average Bonchev–Trinajstić information content (AvgIpc) is 3.06. The zero-order valence-corrected chi connectivity index (χ0v) is 12.5. The zero-order chi connectivity index (χ0) is 16.2. The molecule has 4 nitrogen and oxygen atoms in total. The van der Waals surface area contributed by atoms with Crippen LogP contribution in [-0.2, 0) is 0 Å². The van der Waals surface area contributed by atoms with E-state index in [9.17, 15) is 9.18 Å². The van der Waals surface area contributed by atoms with Crippen LogP contribution < -0.4 is 5.32 Å². The first-order valence-corrected chi connectivity index (χ1v) is 7.20. The van der Waals surface area contributed by atoms with E-state index >= 15 is 0 Å². The number of rotatable bonds is 4. The van der Waals surface area contributed by atoms with Gasteiger partial charge in [-0.05, 0) is 48.9 Å². The first-order chi connectivity index (χ1) is 11.1. The van der Waals surface area contributed by atoms with Crippen LogP contribution in [0.4, 0.5) is 4.39 Å². The summed E-state index contributed by atoms with van der Waals surface area (Å²) in [6, 6.07) is 12.9. The number of nitrogens with one attached hydrogen (secondary N) is 1. The van der Waals surface area contributed by atoms with E-state index < -0.39 is 0 Å². The van der Waals surface area contributed by atoms with Gasteiger partial charge in [0, 0.05) is 12.4 Å². The second-order valence-electron chi connectivity index (χ2n) is 5.12. The lowest BCUT2D eigenvalue weighted by Gasteiger charge is -2.12. The molecule has 116 valence electrons. The van der Waals surface area contributed by atoms with Gasteiger partial charge in [-0.1, -0.05) is 12.1 Å². The highest BCUT2D eigenvalue weighted by atomic mass is 19.1. The van der Waals surface area contributed by atoms with Gasteiger partial charge in [0.1, 0.15) is 11.6 Å². The summed E-state index contributed by atoms with van der Waals surface area (Å²) < 4.78 is 19.2. The molecule has 0 fully saturated rings. The Bertz CT molecular complexity index is 815. The maximum absolute atomic E-state index is 13.8. The van der Waals surface area contributed by atoms with Gasteiger partial charge in [-0.2, -0.15) is 0 Å². The third-order valence-electron chi connectivity index (χ3n) is 3.52. The van der Waals surface area contributed by atoms with Gasteiger partial charge >= 0.3 is 0 Å². The molecule has 23 heavy (non-hydrogen) atoms. The van der Waals surface area contributed by atoms with E-state index in [1.807, 2.05) is 19.1 Å². The minimum Gasteiger partial charge on any atom is -0.451 e. The van der Waals surface area contributed by atoms with Crippen molar-refractivity contribution in [3.63, 3.8) is 0 Å². The van der Waals surface area contributed by atoms with E-state index in [4.69, 9.17) is 4.42 Å². The quantitative estimate of drug-likeness (QED) is 0.793. The molecule has 2 heterocycles. The van der Waals surface area contributed by atoms with Crippen LogP contribution in [0.3, 0.4) is 0 Å². The number of halogens is 1. The number of nitrogens with zero attached hydrogens (tertiary/aromatic N) is 1. The molecule has 1 atom stereocenters. The van der Waals surface area contributed by atoms with Crippen molar-refractivity contribution in [3.05, 3.63) is 78.1 Å². The number of aromatic nitrogens is 1. The molecule has 1 amide bonds. The average molecular weight is 310 g/mol. The standard InChI is InChI=1S/C18H15FN2O2/c1-12(13-8-10-20-11-9-13)21-18(22)17-7-6-16(23-17)14-4-2-3-5-15(14)19/h2-12H,1H3,(H,21,22). The van der Waals surface area contributed by atoms with E-state index in [2.05, 4.69) is 10.3 Å². The number of benzene rings is 1. The molecule has 0 aliphatic heterocycles. The lowest BCUT2D eigenvalue weighted by atomic mass is 10.1. The summed E-state index contributed by atoms with van der Waals surface area (Å²) in [5.74, 6) is -0.273. The fraction of sp³-hybridized carbons (Fsp3) is 0.111. The SMILES string of the molecule is CC(NC(=O)c1ccc(-c2ccccc2F)o1)c1ccncc1. The van der Waals surface area contributed by atoms with Gasteiger partial charge in [-0.25, -0.2) is 4.39 Å². The summed E-state index contributed by atoms with van der Waals surface area (Å²) in [6.45, 7) is 1.87. The number of carbonyl (C=O) groups is 1. The Kier molecular flexibility index (Phi) is 4.19. The van der Waals surface area contributed by atoms with Crippen molar-refractivity contribution >= 4 is 5.91 Å². The first-order valence-electron chi connectivity index (χ1n) is 7.20. The smallest absolute Gasteiger partial charge is 0.287 e. The number of amides is 1. The number of carbonyl (C=O) groups excluding carboxylic acids is 1. The molecule has 0 spiro atoms. The van der Waals surface area contributed by atoms with Crippen LogP contribution in [0.2, 0.25) is 0 Å². The summed E-state index contributed by atoms with van der Waals surface area (Å²) in [6.07, 6.45) is 3.34. The Morgan fingerprint density at radius 1 is 1.13 bits per heavy atom. The molecule has 0 radical (unpaired) electrons. The van der Waals surface area contributed by atoms with Gasteiger partial charge in [0.25, 0.3) is 5.91 Å². The molecule has 3 rings (SSSR count). The first kappa shape index (κ1) is 15.0. The molecular formula is C18H15FN2O2. The summed E-state index contributed by atoms with van der Waals surface area (Å²) in [7, 11) is 0. The molecular weight excluding hydrogens is 295 g/mol. The number of hydrogen-bond donors (Lipinski definition) is 1. The third-order valence-corrected chi connectivity index (χ3v) is 3.52. The van der Waals surface area contributed by atoms with Crippen molar-refractivity contribution in [1.82, 2.24) is 10.3 Å². The van der Waals surface area contributed by atoms with Crippen molar-refractivity contribution < 1.29 is 13.6 Å². The van der Waals surface area contributed by atoms with Crippen molar-refractivity contribution in [2.24, 2.45) is 0 Å². The number of pyridine rings is 1. The van der Waals surface area contributed by atoms with Gasteiger partial charge in [-0.3, -0.25) is 9.78 Å². The van der Waals surface area contributed by atoms with Crippen LogP contribution in [0.15, 0.2) is 65.3 Å². The van der Waals surface area contributed by atoms with Gasteiger partial charge in [0.2, 0.25) is 0 Å². The van der Waals surface area contributed by atoms with Gasteiger partial charge in [0.15, 0.2) is 5.76 Å². The maximum Gasteiger partial charge on any atom is 0.287 e. The van der Waals surface area contributed by atoms with Crippen LogP contribution in [0, 0.1) is 5.82 Å². The van der Waals surface area contributed by atoms with Gasteiger partial charge in [-0.15, -0.1) is 0 Å². The van der Waals surface area contributed by atoms with Crippen molar-refractivity contribution in [2.75, 3.05) is 0 Å². The van der Waals surface area contributed by atoms with Crippen LogP contribution in [0.25, 0.3) is 11.3 Å². The summed E-state index contributed by atoms with van der Waals surface area (Å²) >= 11 is 0. The Morgan fingerprint density at radius 2 is 1.87 bits per heavy atom. The van der Waals surface area contributed by atoms with E-state index in [0.29, 0.717) is 11.3 Å². The molecule has 1 aromatic carbocycles. The van der Waals surface area contributed by atoms with Gasteiger partial charge in [0.05, 0.1) is 11.6 Å². The largest absolute Gasteiger partial charge is 0.451 e. The lowest BCUT2D eigenvalue weighted by molar-refractivity contribution is 0.0912. The normalized spacial score (nSPS) is 11.9. The topological polar surface area (TPSA) is 55.1 Å². The number of furan rings is 1. The monoisotopic (exact) mass is 310 g/mol. The fourth-order valence-corrected chi connectivity index (χ4v) is 2.27. The molecule has 0 saturated carbocycles. The second kappa shape index (κ2) is 6.44. The molecule has 0 aliphatic carbocycles. The highest BCUT2D eigenvalue weighted by Gasteiger charge is 2.16. The maximum atomic E-state index is 13.8. The Labute approximate surface area is 133 Å². The highest BCUT2D eigenvalue weighted by molar-refractivity contribution is 5.92. The predicted molar refractivity (Wildman–Crippen MR) is 84.2 cm³/mol. The molecule has 5 heteroatoms.